The van der Waals surface area contributed by atoms with E-state index in [2.05, 4.69) is 15.5 Å². The first kappa shape index (κ1) is 15.4. The maximum absolute atomic E-state index is 11.6. The van der Waals surface area contributed by atoms with Crippen LogP contribution in [-0.2, 0) is 4.74 Å². The molecule has 6 heteroatoms. The van der Waals surface area contributed by atoms with Gasteiger partial charge in [-0.15, -0.1) is 10.2 Å². The molecule has 1 N–H and O–H groups in total. The molecule has 19 heavy (non-hydrogen) atoms. The van der Waals surface area contributed by atoms with E-state index >= 15 is 0 Å². The molecule has 106 valence electrons. The summed E-state index contributed by atoms with van der Waals surface area (Å²) in [5.74, 6) is 0.469. The van der Waals surface area contributed by atoms with Gasteiger partial charge in [-0.1, -0.05) is 0 Å². The summed E-state index contributed by atoms with van der Waals surface area (Å²) in [4.78, 5) is 13.1. The fourth-order valence-corrected chi connectivity index (χ4v) is 1.51. The molecule has 1 aromatic rings. The van der Waals surface area contributed by atoms with Gasteiger partial charge < -0.3 is 15.0 Å². The Morgan fingerprint density at radius 1 is 1.37 bits per heavy atom. The Balaban J connectivity index is 2.60. The first-order valence-electron chi connectivity index (χ1n) is 6.29. The molecule has 0 fully saturated rings. The van der Waals surface area contributed by atoms with E-state index in [4.69, 9.17) is 4.74 Å². The van der Waals surface area contributed by atoms with Crippen molar-refractivity contribution >= 4 is 11.7 Å². The maximum Gasteiger partial charge on any atom is 0.273 e. The van der Waals surface area contributed by atoms with Crippen LogP contribution in [0.4, 0.5) is 5.82 Å². The van der Waals surface area contributed by atoms with Gasteiger partial charge in [0.05, 0.1) is 5.60 Å². The Hall–Kier alpha value is -1.69. The normalized spacial score (nSPS) is 11.2. The van der Waals surface area contributed by atoms with Crippen molar-refractivity contribution in [1.82, 2.24) is 15.1 Å². The topological polar surface area (TPSA) is 67.3 Å². The number of carbonyl (C=O) groups excluding carboxylic acids is 1. The average molecular weight is 266 g/mol. The molecule has 0 aliphatic rings. The maximum atomic E-state index is 11.6. The van der Waals surface area contributed by atoms with Crippen molar-refractivity contribution in [3.05, 3.63) is 17.8 Å². The molecule has 1 heterocycles. The summed E-state index contributed by atoms with van der Waals surface area (Å²) in [6.07, 6.45) is 0. The zero-order valence-electron chi connectivity index (χ0n) is 12.2. The van der Waals surface area contributed by atoms with E-state index in [1.165, 1.54) is 4.90 Å². The van der Waals surface area contributed by atoms with Gasteiger partial charge in [0.2, 0.25) is 0 Å². The Kier molecular flexibility index (Phi) is 5.23. The van der Waals surface area contributed by atoms with E-state index in [1.807, 2.05) is 20.8 Å². The minimum absolute atomic E-state index is 0.159. The van der Waals surface area contributed by atoms with Crippen molar-refractivity contribution in [1.29, 1.82) is 0 Å². The molecule has 0 bridgehead atoms. The van der Waals surface area contributed by atoms with Crippen molar-refractivity contribution in [2.24, 2.45) is 0 Å². The number of hydrogen-bond acceptors (Lipinski definition) is 5. The number of rotatable bonds is 6. The number of carbonyl (C=O) groups is 1. The molecule has 0 saturated heterocycles. The molecule has 6 nitrogen and oxygen atoms in total. The Bertz CT molecular complexity index is 415. The summed E-state index contributed by atoms with van der Waals surface area (Å²) in [6, 6.07) is 3.40. The molecule has 0 atom stereocenters. The highest BCUT2D eigenvalue weighted by molar-refractivity contribution is 5.91. The van der Waals surface area contributed by atoms with Crippen molar-refractivity contribution in [3.63, 3.8) is 0 Å². The van der Waals surface area contributed by atoms with E-state index in [0.717, 1.165) is 0 Å². The highest BCUT2D eigenvalue weighted by Crippen LogP contribution is 2.11. The molecule has 1 aromatic heterocycles. The van der Waals surface area contributed by atoms with Gasteiger partial charge in [-0.05, 0) is 32.9 Å². The lowest BCUT2D eigenvalue weighted by Gasteiger charge is -2.25. The van der Waals surface area contributed by atoms with Crippen LogP contribution in [0.25, 0.3) is 0 Å². The number of nitrogens with zero attached hydrogens (tertiary/aromatic N) is 3. The molecule has 0 aliphatic carbocycles. The smallest absolute Gasteiger partial charge is 0.273 e. The van der Waals surface area contributed by atoms with Crippen molar-refractivity contribution in [2.75, 3.05) is 32.6 Å². The van der Waals surface area contributed by atoms with E-state index in [1.54, 1.807) is 26.2 Å². The van der Waals surface area contributed by atoms with Gasteiger partial charge in [0, 0.05) is 27.2 Å². The largest absolute Gasteiger partial charge is 0.374 e. The Labute approximate surface area is 114 Å². The molecular formula is C13H22N4O2. The van der Waals surface area contributed by atoms with Crippen LogP contribution in [0.5, 0.6) is 0 Å². The predicted molar refractivity (Wildman–Crippen MR) is 74.2 cm³/mol. The zero-order valence-corrected chi connectivity index (χ0v) is 12.2. The molecule has 0 radical (unpaired) electrons. The van der Waals surface area contributed by atoms with E-state index in [-0.39, 0.29) is 11.5 Å². The minimum Gasteiger partial charge on any atom is -0.374 e. The SMILES string of the molecule is CCOC(C)(C)CNc1ccc(C(=O)N(C)C)nn1. The first-order chi connectivity index (χ1) is 8.85. The first-order valence-corrected chi connectivity index (χ1v) is 6.29. The summed E-state index contributed by atoms with van der Waals surface area (Å²) in [5, 5.41) is 11.0. The number of aromatic nitrogens is 2. The summed E-state index contributed by atoms with van der Waals surface area (Å²) >= 11 is 0. The second-order valence-electron chi connectivity index (χ2n) is 5.05. The highest BCUT2D eigenvalue weighted by atomic mass is 16.5. The summed E-state index contributed by atoms with van der Waals surface area (Å²) in [5.41, 5.74) is 0.0637. The number of nitrogens with one attached hydrogen (secondary N) is 1. The summed E-state index contributed by atoms with van der Waals surface area (Å²) in [7, 11) is 3.36. The van der Waals surface area contributed by atoms with E-state index in [9.17, 15) is 4.79 Å². The lowest BCUT2D eigenvalue weighted by molar-refractivity contribution is 0.000626. The second kappa shape index (κ2) is 6.47. The summed E-state index contributed by atoms with van der Waals surface area (Å²) < 4.78 is 5.57. The molecule has 0 saturated carbocycles. The fraction of sp³-hybridized carbons (Fsp3) is 0.615. The van der Waals surface area contributed by atoms with Crippen LogP contribution in [0.3, 0.4) is 0 Å². The summed E-state index contributed by atoms with van der Waals surface area (Å²) in [6.45, 7) is 7.25. The predicted octanol–water partition coefficient (Wildman–Crippen LogP) is 1.41. The molecule has 0 spiro atoms. The third kappa shape index (κ3) is 4.82. The van der Waals surface area contributed by atoms with Crippen LogP contribution in [-0.4, -0.2) is 53.9 Å². The van der Waals surface area contributed by atoms with Gasteiger partial charge in [0.15, 0.2) is 5.69 Å². The van der Waals surface area contributed by atoms with Crippen LogP contribution in [0.2, 0.25) is 0 Å². The van der Waals surface area contributed by atoms with Gasteiger partial charge in [0.25, 0.3) is 5.91 Å². The van der Waals surface area contributed by atoms with Crippen LogP contribution in [0.15, 0.2) is 12.1 Å². The third-order valence-corrected chi connectivity index (χ3v) is 2.52. The van der Waals surface area contributed by atoms with Gasteiger partial charge >= 0.3 is 0 Å². The lowest BCUT2D eigenvalue weighted by Crippen LogP contribution is -2.33. The van der Waals surface area contributed by atoms with Gasteiger partial charge in [0.1, 0.15) is 5.82 Å². The molecule has 0 aromatic carbocycles. The van der Waals surface area contributed by atoms with Gasteiger partial charge in [-0.25, -0.2) is 0 Å². The molecule has 0 unspecified atom stereocenters. The molecular weight excluding hydrogens is 244 g/mol. The number of hydrogen-bond donors (Lipinski definition) is 1. The number of anilines is 1. The van der Waals surface area contributed by atoms with Crippen molar-refractivity contribution in [2.45, 2.75) is 26.4 Å². The lowest BCUT2D eigenvalue weighted by atomic mass is 10.1. The van der Waals surface area contributed by atoms with Crippen LogP contribution < -0.4 is 5.32 Å². The standard InChI is InChI=1S/C13H22N4O2/c1-6-19-13(2,3)9-14-11-8-7-10(15-16-11)12(18)17(4)5/h7-8H,6,9H2,1-5H3,(H,14,16). The van der Waals surface area contributed by atoms with E-state index < -0.39 is 0 Å². The van der Waals surface area contributed by atoms with Gasteiger partial charge in [-0.2, -0.15) is 0 Å². The third-order valence-electron chi connectivity index (χ3n) is 2.52. The van der Waals surface area contributed by atoms with Crippen LogP contribution >= 0.6 is 0 Å². The molecule has 1 rings (SSSR count). The van der Waals surface area contributed by atoms with Crippen molar-refractivity contribution in [3.8, 4) is 0 Å². The average Bonchev–Trinajstić information content (AvgIpc) is 2.36. The van der Waals surface area contributed by atoms with Crippen LogP contribution in [0, 0.1) is 0 Å². The number of amides is 1. The van der Waals surface area contributed by atoms with Crippen LogP contribution in [0.1, 0.15) is 31.3 Å². The van der Waals surface area contributed by atoms with E-state index in [0.29, 0.717) is 24.7 Å². The highest BCUT2D eigenvalue weighted by Gasteiger charge is 2.17. The minimum atomic E-state index is -0.269. The Morgan fingerprint density at radius 3 is 2.53 bits per heavy atom. The quantitative estimate of drug-likeness (QED) is 0.843. The van der Waals surface area contributed by atoms with Gasteiger partial charge in [-0.3, -0.25) is 4.79 Å². The second-order valence-corrected chi connectivity index (χ2v) is 5.05. The number of ether oxygens (including phenoxy) is 1. The monoisotopic (exact) mass is 266 g/mol. The van der Waals surface area contributed by atoms with Crippen molar-refractivity contribution < 1.29 is 9.53 Å². The Morgan fingerprint density at radius 2 is 2.05 bits per heavy atom. The molecule has 1 amide bonds. The zero-order chi connectivity index (χ0) is 14.5. The molecule has 0 aliphatic heterocycles. The fourth-order valence-electron chi connectivity index (χ4n) is 1.51.